The van der Waals surface area contributed by atoms with Gasteiger partial charge >= 0.3 is 18.1 Å². The molecule has 134 valence electrons. The first-order chi connectivity index (χ1) is 12.0. The van der Waals surface area contributed by atoms with Gasteiger partial charge in [-0.15, -0.1) is 0 Å². The summed E-state index contributed by atoms with van der Waals surface area (Å²) in [5.74, 6) is -0.309. The van der Waals surface area contributed by atoms with Gasteiger partial charge in [0.05, 0.1) is 13.2 Å². The van der Waals surface area contributed by atoms with Crippen LogP contribution in [0.25, 0.3) is 0 Å². The third kappa shape index (κ3) is 2.86. The molecule has 2 aliphatic rings. The van der Waals surface area contributed by atoms with Gasteiger partial charge in [0.25, 0.3) is 0 Å². The normalized spacial score (nSPS) is 21.0. The van der Waals surface area contributed by atoms with Gasteiger partial charge in [0.15, 0.2) is 6.04 Å². The number of nitrogens with zero attached hydrogens (tertiary/aromatic N) is 2. The van der Waals surface area contributed by atoms with Crippen LogP contribution in [-0.2, 0) is 9.53 Å². The molecular weight excluding hydrogens is 330 g/mol. The maximum Gasteiger partial charge on any atom is 0.412 e. The maximum atomic E-state index is 12.3. The highest BCUT2D eigenvalue weighted by atomic mass is 16.6. The molecule has 3 amide bonds. The van der Waals surface area contributed by atoms with Crippen LogP contribution in [0.1, 0.15) is 37.1 Å². The van der Waals surface area contributed by atoms with Crippen LogP contribution in [-0.4, -0.2) is 53.0 Å². The fraction of sp³-hybridized carbons (Fsp3) is 0.438. The van der Waals surface area contributed by atoms with E-state index in [9.17, 15) is 19.6 Å². The number of fused-ring (bicyclic) bond motifs is 4. The lowest BCUT2D eigenvalue weighted by atomic mass is 9.91. The molecule has 1 fully saturated rings. The van der Waals surface area contributed by atoms with Gasteiger partial charge in [0, 0.05) is 6.54 Å². The molecule has 1 saturated heterocycles. The van der Waals surface area contributed by atoms with E-state index in [0.29, 0.717) is 22.7 Å². The second-order valence-electron chi connectivity index (χ2n) is 5.66. The summed E-state index contributed by atoms with van der Waals surface area (Å²) in [6.45, 7) is 4.19. The molecule has 0 radical (unpaired) electrons. The molecule has 1 aromatic rings. The average molecular weight is 349 g/mol. The molecule has 2 aliphatic heterocycles. The van der Waals surface area contributed by atoms with Crippen LogP contribution in [0.2, 0.25) is 0 Å². The summed E-state index contributed by atoms with van der Waals surface area (Å²) < 4.78 is 10.2. The first-order valence-electron chi connectivity index (χ1n) is 8.02. The van der Waals surface area contributed by atoms with Crippen LogP contribution in [0.4, 0.5) is 9.59 Å². The van der Waals surface area contributed by atoms with Crippen molar-refractivity contribution in [2.75, 3.05) is 19.7 Å². The third-order valence-corrected chi connectivity index (χ3v) is 4.17. The van der Waals surface area contributed by atoms with Crippen molar-refractivity contribution in [3.63, 3.8) is 0 Å². The number of amides is 3. The number of benzene rings is 1. The van der Waals surface area contributed by atoms with Crippen molar-refractivity contribution in [1.82, 2.24) is 15.3 Å². The Balaban J connectivity index is 1.98. The van der Waals surface area contributed by atoms with E-state index in [-0.39, 0.29) is 18.9 Å². The van der Waals surface area contributed by atoms with Gasteiger partial charge in [0.2, 0.25) is 0 Å². The van der Waals surface area contributed by atoms with Crippen LogP contribution in [0.15, 0.2) is 18.2 Å². The predicted octanol–water partition coefficient (Wildman–Crippen LogP) is 1.58. The molecule has 2 heterocycles. The van der Waals surface area contributed by atoms with E-state index in [1.807, 2.05) is 0 Å². The van der Waals surface area contributed by atoms with E-state index in [4.69, 9.17) is 9.47 Å². The van der Waals surface area contributed by atoms with E-state index in [0.717, 1.165) is 0 Å². The second-order valence-corrected chi connectivity index (χ2v) is 5.66. The van der Waals surface area contributed by atoms with Crippen LogP contribution >= 0.6 is 0 Å². The van der Waals surface area contributed by atoms with Crippen LogP contribution < -0.4 is 10.1 Å². The first kappa shape index (κ1) is 17.0. The number of carbonyl (C=O) groups is 3. The number of hydroxylamine groups is 2. The Morgan fingerprint density at radius 1 is 1.32 bits per heavy atom. The minimum atomic E-state index is -0.936. The molecule has 3 rings (SSSR count). The Morgan fingerprint density at radius 2 is 2.08 bits per heavy atom. The standard InChI is InChI=1S/C16H19N3O6/c1-3-17-15(21)25-9-5-6-10-11(7-9)12-8-18(16(22)19(12)23)13(10)14(20)24-4-2/h5-7,12-13,23H,3-4,8H2,1-2H3,(H,17,21)/t12-,13-/m1/s1. The van der Waals surface area contributed by atoms with Crippen molar-refractivity contribution < 1.29 is 29.1 Å². The summed E-state index contributed by atoms with van der Waals surface area (Å²) in [4.78, 5) is 37.4. The van der Waals surface area contributed by atoms with Gasteiger partial charge in [-0.2, -0.15) is 5.06 Å². The number of hydrogen-bond acceptors (Lipinski definition) is 6. The zero-order valence-electron chi connectivity index (χ0n) is 13.9. The van der Waals surface area contributed by atoms with Crippen molar-refractivity contribution in [2.24, 2.45) is 0 Å². The summed E-state index contributed by atoms with van der Waals surface area (Å²) in [5, 5.41) is 13.2. The fourth-order valence-electron chi connectivity index (χ4n) is 3.14. The topological polar surface area (TPSA) is 108 Å². The molecule has 2 N–H and O–H groups in total. The number of urea groups is 1. The van der Waals surface area contributed by atoms with Gasteiger partial charge in [-0.1, -0.05) is 6.07 Å². The summed E-state index contributed by atoms with van der Waals surface area (Å²) in [6, 6.07) is 2.47. The zero-order chi connectivity index (χ0) is 18.1. The number of nitrogens with one attached hydrogen (secondary N) is 1. The fourth-order valence-corrected chi connectivity index (χ4v) is 3.14. The Labute approximate surface area is 144 Å². The van der Waals surface area contributed by atoms with Gasteiger partial charge in [-0.3, -0.25) is 5.21 Å². The molecule has 0 saturated carbocycles. The van der Waals surface area contributed by atoms with Gasteiger partial charge in [-0.05, 0) is 37.1 Å². The van der Waals surface area contributed by atoms with Crippen LogP contribution in [0.3, 0.4) is 0 Å². The summed E-state index contributed by atoms with van der Waals surface area (Å²) >= 11 is 0. The summed E-state index contributed by atoms with van der Waals surface area (Å²) in [7, 11) is 0. The van der Waals surface area contributed by atoms with Gasteiger partial charge in [-0.25, -0.2) is 14.4 Å². The molecule has 2 bridgehead atoms. The number of ether oxygens (including phenoxy) is 2. The lowest BCUT2D eigenvalue weighted by Crippen LogP contribution is -2.39. The third-order valence-electron chi connectivity index (χ3n) is 4.17. The van der Waals surface area contributed by atoms with Crippen molar-refractivity contribution in [1.29, 1.82) is 0 Å². The maximum absolute atomic E-state index is 12.3. The lowest BCUT2D eigenvalue weighted by Gasteiger charge is -2.31. The van der Waals surface area contributed by atoms with Crippen molar-refractivity contribution in [3.8, 4) is 5.75 Å². The minimum Gasteiger partial charge on any atom is -0.464 e. The quantitative estimate of drug-likeness (QED) is 0.631. The lowest BCUT2D eigenvalue weighted by molar-refractivity contribution is -0.148. The van der Waals surface area contributed by atoms with Crippen LogP contribution in [0, 0.1) is 0 Å². The average Bonchev–Trinajstić information content (AvgIpc) is 2.82. The number of carbonyl (C=O) groups excluding carboxylic acids is 3. The summed E-state index contributed by atoms with van der Waals surface area (Å²) in [6.07, 6.45) is -0.606. The van der Waals surface area contributed by atoms with Gasteiger partial charge < -0.3 is 19.7 Å². The van der Waals surface area contributed by atoms with Crippen molar-refractivity contribution in [3.05, 3.63) is 29.3 Å². The molecule has 1 aromatic carbocycles. The highest BCUT2D eigenvalue weighted by Crippen LogP contribution is 2.44. The highest BCUT2D eigenvalue weighted by Gasteiger charge is 2.50. The van der Waals surface area contributed by atoms with E-state index in [2.05, 4.69) is 5.32 Å². The highest BCUT2D eigenvalue weighted by molar-refractivity contribution is 5.88. The molecule has 0 spiro atoms. The molecule has 2 atom stereocenters. The Hall–Kier alpha value is -2.81. The number of hydrogen-bond donors (Lipinski definition) is 2. The molecule has 0 unspecified atom stereocenters. The Bertz CT molecular complexity index is 722. The van der Waals surface area contributed by atoms with Crippen LogP contribution in [0.5, 0.6) is 5.75 Å². The Kier molecular flexibility index (Phi) is 4.49. The predicted molar refractivity (Wildman–Crippen MR) is 84.0 cm³/mol. The van der Waals surface area contributed by atoms with E-state index >= 15 is 0 Å². The smallest absolute Gasteiger partial charge is 0.412 e. The number of esters is 1. The Morgan fingerprint density at radius 3 is 2.76 bits per heavy atom. The van der Waals surface area contributed by atoms with Crippen molar-refractivity contribution >= 4 is 18.1 Å². The first-order valence-corrected chi connectivity index (χ1v) is 8.02. The number of rotatable bonds is 4. The van der Waals surface area contributed by atoms with E-state index in [1.54, 1.807) is 32.0 Å². The summed E-state index contributed by atoms with van der Waals surface area (Å²) in [5.41, 5.74) is 1.09. The second kappa shape index (κ2) is 6.60. The molecule has 9 heteroatoms. The monoisotopic (exact) mass is 349 g/mol. The van der Waals surface area contributed by atoms with Crippen molar-refractivity contribution in [2.45, 2.75) is 25.9 Å². The molecular formula is C16H19N3O6. The molecule has 0 aliphatic carbocycles. The molecule has 0 aromatic heterocycles. The molecule has 9 nitrogen and oxygen atoms in total. The zero-order valence-corrected chi connectivity index (χ0v) is 13.9. The largest absolute Gasteiger partial charge is 0.464 e. The van der Waals surface area contributed by atoms with Gasteiger partial charge in [0.1, 0.15) is 11.8 Å². The minimum absolute atomic E-state index is 0.149. The van der Waals surface area contributed by atoms with E-state index in [1.165, 1.54) is 4.90 Å². The SMILES string of the molecule is CCNC(=O)Oc1ccc2c(c1)[C@H]1CN(C(=O)N1O)[C@H]2C(=O)OCC. The molecule has 25 heavy (non-hydrogen) atoms. The van der Waals surface area contributed by atoms with E-state index < -0.39 is 30.2 Å².